The molecule has 4 nitrogen and oxygen atoms in total. The molecule has 0 atom stereocenters. The molecule has 0 N–H and O–H groups in total. The Balaban J connectivity index is 1.64. The number of aryl methyl sites for hydroxylation is 1. The fourth-order valence-electron chi connectivity index (χ4n) is 3.06. The third-order valence-corrected chi connectivity index (χ3v) is 4.90. The Kier molecular flexibility index (Phi) is 6.50. The number of carbonyl (C=O) groups is 2. The summed E-state index contributed by atoms with van der Waals surface area (Å²) in [6, 6.07) is 18.2. The second-order valence-corrected chi connectivity index (χ2v) is 6.84. The van der Waals surface area contributed by atoms with E-state index in [1.807, 2.05) is 55.5 Å². The fourth-order valence-corrected chi connectivity index (χ4v) is 3.06. The van der Waals surface area contributed by atoms with E-state index >= 15 is 0 Å². The highest BCUT2D eigenvalue weighted by Gasteiger charge is 2.10. The van der Waals surface area contributed by atoms with E-state index in [0.29, 0.717) is 24.8 Å². The number of hydrogen-bond donors (Lipinski definition) is 0. The van der Waals surface area contributed by atoms with Crippen molar-refractivity contribution in [3.05, 3.63) is 83.9 Å². The van der Waals surface area contributed by atoms with E-state index in [4.69, 9.17) is 0 Å². The highest BCUT2D eigenvalue weighted by Crippen LogP contribution is 2.24. The van der Waals surface area contributed by atoms with Gasteiger partial charge in [-0.25, -0.2) is 4.98 Å². The van der Waals surface area contributed by atoms with Gasteiger partial charge in [0.15, 0.2) is 5.78 Å². The van der Waals surface area contributed by atoms with Crippen LogP contribution in [0.15, 0.2) is 66.9 Å². The Morgan fingerprint density at radius 1 is 0.931 bits per heavy atom. The predicted molar refractivity (Wildman–Crippen MR) is 112 cm³/mol. The molecule has 0 spiro atoms. The van der Waals surface area contributed by atoms with Gasteiger partial charge in [-0.05, 0) is 41.3 Å². The lowest BCUT2D eigenvalue weighted by Gasteiger charge is -2.16. The summed E-state index contributed by atoms with van der Waals surface area (Å²) >= 11 is 0. The summed E-state index contributed by atoms with van der Waals surface area (Å²) in [4.78, 5) is 29.5. The van der Waals surface area contributed by atoms with Crippen molar-refractivity contribution < 1.29 is 14.0 Å². The van der Waals surface area contributed by atoms with Crippen LogP contribution in [-0.2, 0) is 11.2 Å². The van der Waals surface area contributed by atoms with Gasteiger partial charge in [0, 0.05) is 37.3 Å². The van der Waals surface area contributed by atoms with Crippen LogP contribution in [0, 0.1) is 5.95 Å². The third-order valence-electron chi connectivity index (χ3n) is 4.90. The first-order valence-electron chi connectivity index (χ1n) is 9.58. The molecule has 0 aliphatic carbocycles. The first-order valence-corrected chi connectivity index (χ1v) is 9.58. The van der Waals surface area contributed by atoms with E-state index < -0.39 is 5.95 Å². The van der Waals surface area contributed by atoms with Crippen molar-refractivity contribution in [3.8, 4) is 11.1 Å². The van der Waals surface area contributed by atoms with Crippen molar-refractivity contribution in [1.82, 2.24) is 4.98 Å². The van der Waals surface area contributed by atoms with Gasteiger partial charge in [-0.3, -0.25) is 9.59 Å². The molecule has 29 heavy (non-hydrogen) atoms. The molecule has 0 aliphatic rings. The van der Waals surface area contributed by atoms with Crippen LogP contribution in [0.3, 0.4) is 0 Å². The van der Waals surface area contributed by atoms with Crippen molar-refractivity contribution in [1.29, 1.82) is 0 Å². The van der Waals surface area contributed by atoms with Crippen LogP contribution in [0.5, 0.6) is 0 Å². The van der Waals surface area contributed by atoms with Gasteiger partial charge in [0.05, 0.1) is 0 Å². The minimum absolute atomic E-state index is 0.0379. The van der Waals surface area contributed by atoms with Gasteiger partial charge in [0.2, 0.25) is 11.9 Å². The van der Waals surface area contributed by atoms with E-state index in [9.17, 15) is 14.0 Å². The van der Waals surface area contributed by atoms with E-state index in [2.05, 4.69) is 4.98 Å². The number of carbonyl (C=O) groups excluding carboxylic acids is 2. The molecule has 1 aromatic heterocycles. The van der Waals surface area contributed by atoms with Gasteiger partial charge in [-0.1, -0.05) is 49.4 Å². The van der Waals surface area contributed by atoms with Gasteiger partial charge in [-0.15, -0.1) is 0 Å². The van der Waals surface area contributed by atoms with Crippen molar-refractivity contribution in [2.24, 2.45) is 0 Å². The standard InChI is InChI=1S/C24H23FN2O2/c1-3-24(29)27(2)21-12-10-19(11-13-21)18-6-8-20(9-7-18)22(28)14-4-17-5-15-23(25)26-16-17/h5-13,15-16H,3-4,14H2,1-2H3. The summed E-state index contributed by atoms with van der Waals surface area (Å²) in [6.07, 6.45) is 2.80. The summed E-state index contributed by atoms with van der Waals surface area (Å²) < 4.78 is 12.8. The van der Waals surface area contributed by atoms with Crippen LogP contribution >= 0.6 is 0 Å². The number of hydrogen-bond acceptors (Lipinski definition) is 3. The normalized spacial score (nSPS) is 10.6. The number of benzene rings is 2. The maximum Gasteiger partial charge on any atom is 0.226 e. The number of halogens is 1. The van der Waals surface area contributed by atoms with Gasteiger partial charge in [0.25, 0.3) is 0 Å². The average Bonchev–Trinajstić information content (AvgIpc) is 2.77. The van der Waals surface area contributed by atoms with Crippen LogP contribution in [0.25, 0.3) is 11.1 Å². The number of ketones is 1. The summed E-state index contributed by atoms with van der Waals surface area (Å²) in [5.74, 6) is -0.416. The molecule has 0 saturated heterocycles. The Morgan fingerprint density at radius 2 is 1.55 bits per heavy atom. The molecule has 0 bridgehead atoms. The zero-order chi connectivity index (χ0) is 20.8. The molecule has 0 unspecified atom stereocenters. The smallest absolute Gasteiger partial charge is 0.226 e. The van der Waals surface area contributed by atoms with Crippen LogP contribution in [0.1, 0.15) is 35.7 Å². The van der Waals surface area contributed by atoms with Gasteiger partial charge < -0.3 is 4.90 Å². The summed E-state index contributed by atoms with van der Waals surface area (Å²) in [5.41, 5.74) is 4.35. The highest BCUT2D eigenvalue weighted by atomic mass is 19.1. The lowest BCUT2D eigenvalue weighted by atomic mass is 9.99. The summed E-state index contributed by atoms with van der Waals surface area (Å²) in [7, 11) is 1.77. The summed E-state index contributed by atoms with van der Waals surface area (Å²) in [5, 5.41) is 0. The van der Waals surface area contributed by atoms with Crippen LogP contribution in [-0.4, -0.2) is 23.7 Å². The van der Waals surface area contributed by atoms with E-state index in [-0.39, 0.29) is 11.7 Å². The molecule has 1 heterocycles. The number of Topliss-reactive ketones (excluding diaryl/α,β-unsaturated/α-hetero) is 1. The van der Waals surface area contributed by atoms with E-state index in [1.54, 1.807) is 18.0 Å². The molecular formula is C24H23FN2O2. The number of rotatable bonds is 7. The van der Waals surface area contributed by atoms with Crippen molar-refractivity contribution >= 4 is 17.4 Å². The lowest BCUT2D eigenvalue weighted by molar-refractivity contribution is -0.118. The Bertz CT molecular complexity index is 981. The minimum atomic E-state index is -0.521. The Hall–Kier alpha value is -3.34. The van der Waals surface area contributed by atoms with Crippen molar-refractivity contribution in [3.63, 3.8) is 0 Å². The maximum atomic E-state index is 12.8. The van der Waals surface area contributed by atoms with Crippen LogP contribution in [0.4, 0.5) is 10.1 Å². The van der Waals surface area contributed by atoms with Crippen molar-refractivity contribution in [2.45, 2.75) is 26.2 Å². The molecule has 5 heteroatoms. The Labute approximate surface area is 170 Å². The fraction of sp³-hybridized carbons (Fsp3) is 0.208. The van der Waals surface area contributed by atoms with Gasteiger partial charge in [-0.2, -0.15) is 4.39 Å². The van der Waals surface area contributed by atoms with E-state index in [0.717, 1.165) is 22.4 Å². The molecule has 0 saturated carbocycles. The molecular weight excluding hydrogens is 367 g/mol. The molecule has 3 aromatic rings. The second-order valence-electron chi connectivity index (χ2n) is 6.84. The Morgan fingerprint density at radius 3 is 2.10 bits per heavy atom. The minimum Gasteiger partial charge on any atom is -0.316 e. The number of amides is 1. The number of anilines is 1. The number of pyridine rings is 1. The lowest BCUT2D eigenvalue weighted by Crippen LogP contribution is -2.24. The van der Waals surface area contributed by atoms with Gasteiger partial charge >= 0.3 is 0 Å². The zero-order valence-corrected chi connectivity index (χ0v) is 16.6. The van der Waals surface area contributed by atoms with Crippen LogP contribution < -0.4 is 4.90 Å². The highest BCUT2D eigenvalue weighted by molar-refractivity contribution is 5.96. The molecule has 148 valence electrons. The monoisotopic (exact) mass is 390 g/mol. The number of nitrogens with zero attached hydrogens (tertiary/aromatic N) is 2. The molecule has 3 rings (SSSR count). The third kappa shape index (κ3) is 5.13. The topological polar surface area (TPSA) is 50.3 Å². The molecule has 1 amide bonds. The first kappa shape index (κ1) is 20.4. The van der Waals surface area contributed by atoms with Crippen molar-refractivity contribution in [2.75, 3.05) is 11.9 Å². The number of aromatic nitrogens is 1. The maximum absolute atomic E-state index is 12.8. The predicted octanol–water partition coefficient (Wildman–Crippen LogP) is 5.08. The molecule has 2 aromatic carbocycles. The van der Waals surface area contributed by atoms with Gasteiger partial charge in [0.1, 0.15) is 0 Å². The van der Waals surface area contributed by atoms with E-state index in [1.165, 1.54) is 12.3 Å². The SMILES string of the molecule is CCC(=O)N(C)c1ccc(-c2ccc(C(=O)CCc3ccc(F)nc3)cc2)cc1. The molecule has 0 fully saturated rings. The zero-order valence-electron chi connectivity index (χ0n) is 16.6. The first-order chi connectivity index (χ1) is 14.0. The summed E-state index contributed by atoms with van der Waals surface area (Å²) in [6.45, 7) is 1.84. The quantitative estimate of drug-likeness (QED) is 0.418. The average molecular weight is 390 g/mol. The second kappa shape index (κ2) is 9.24. The molecule has 0 radical (unpaired) electrons. The van der Waals surface area contributed by atoms with Crippen LogP contribution in [0.2, 0.25) is 0 Å². The molecule has 0 aliphatic heterocycles. The largest absolute Gasteiger partial charge is 0.316 e.